The van der Waals surface area contributed by atoms with E-state index in [0.717, 1.165) is 38.4 Å². The summed E-state index contributed by atoms with van der Waals surface area (Å²) < 4.78 is 4.70. The Morgan fingerprint density at radius 3 is 1.27 bits per heavy atom. The highest BCUT2D eigenvalue weighted by molar-refractivity contribution is 6.21. The lowest BCUT2D eigenvalue weighted by molar-refractivity contribution is 0.769. The molecule has 4 heteroatoms. The van der Waals surface area contributed by atoms with Crippen LogP contribution in [0.2, 0.25) is 0 Å². The van der Waals surface area contributed by atoms with Crippen LogP contribution in [0.3, 0.4) is 0 Å². The highest BCUT2D eigenvalue weighted by Crippen LogP contribution is 2.60. The van der Waals surface area contributed by atoms with Gasteiger partial charge < -0.3 is 0 Å². The smallest absolute Gasteiger partial charge is 0.231 e. The monoisotopic (exact) mass is 956 g/mol. The SMILES string of the molecule is C(=N\C(=NCc1ccccc1)n1c2ccccc2c2ccc3c(c21)-c1ccccc1C3(c1ccccc1)c1ccccc1)/n1c2ccccc2c2ccc3c(c21)-c1ccccc1C3(c1ccccc1)c1ccccc1. The summed E-state index contributed by atoms with van der Waals surface area (Å²) in [6, 6.07) is 99.8. The predicted octanol–water partition coefficient (Wildman–Crippen LogP) is 16.6. The third-order valence-corrected chi connectivity index (χ3v) is 16.3. The van der Waals surface area contributed by atoms with Gasteiger partial charge in [0.1, 0.15) is 6.34 Å². The Labute approximate surface area is 435 Å². The van der Waals surface area contributed by atoms with Crippen LogP contribution in [0.1, 0.15) is 50.1 Å². The van der Waals surface area contributed by atoms with Crippen LogP contribution in [0.4, 0.5) is 0 Å². The first-order valence-electron chi connectivity index (χ1n) is 25.9. The molecule has 2 heterocycles. The number of hydrogen-bond acceptors (Lipinski definition) is 1. The van der Waals surface area contributed by atoms with Crippen LogP contribution < -0.4 is 0 Å². The van der Waals surface area contributed by atoms with Gasteiger partial charge in [-0.25, -0.2) is 9.98 Å². The molecule has 0 bridgehead atoms. The Morgan fingerprint density at radius 2 is 0.747 bits per heavy atom. The van der Waals surface area contributed by atoms with Gasteiger partial charge >= 0.3 is 0 Å². The lowest BCUT2D eigenvalue weighted by Crippen LogP contribution is -2.28. The predicted molar refractivity (Wildman–Crippen MR) is 310 cm³/mol. The van der Waals surface area contributed by atoms with Crippen molar-refractivity contribution >= 4 is 55.9 Å². The number of fused-ring (bicyclic) bond motifs is 14. The second kappa shape index (κ2) is 17.0. The molecule has 75 heavy (non-hydrogen) atoms. The van der Waals surface area contributed by atoms with Crippen molar-refractivity contribution in [1.29, 1.82) is 0 Å². The van der Waals surface area contributed by atoms with Crippen LogP contribution in [0.25, 0.3) is 65.9 Å². The molecule has 0 amide bonds. The highest BCUT2D eigenvalue weighted by atomic mass is 15.2. The topological polar surface area (TPSA) is 34.6 Å². The zero-order valence-corrected chi connectivity index (χ0v) is 41.1. The fourth-order valence-electron chi connectivity index (χ4n) is 13.3. The van der Waals surface area contributed by atoms with E-state index in [1.165, 1.54) is 77.5 Å². The average molecular weight is 957 g/mol. The molecule has 0 spiro atoms. The van der Waals surface area contributed by atoms with E-state index in [1.54, 1.807) is 0 Å². The molecule has 352 valence electrons. The third-order valence-electron chi connectivity index (χ3n) is 16.3. The summed E-state index contributed by atoms with van der Waals surface area (Å²) >= 11 is 0. The maximum atomic E-state index is 5.74. The lowest BCUT2D eigenvalue weighted by Gasteiger charge is -2.33. The summed E-state index contributed by atoms with van der Waals surface area (Å²) in [4.78, 5) is 11.4. The second-order valence-electron chi connectivity index (χ2n) is 19.9. The van der Waals surface area contributed by atoms with E-state index in [0.29, 0.717) is 12.5 Å². The minimum Gasteiger partial charge on any atom is -0.299 e. The third kappa shape index (κ3) is 6.11. The molecule has 0 saturated carbocycles. The van der Waals surface area contributed by atoms with Crippen molar-refractivity contribution in [2.24, 2.45) is 9.98 Å². The first kappa shape index (κ1) is 43.0. The fraction of sp³-hybridized carbons (Fsp3) is 0.0423. The number of hydrogen-bond donors (Lipinski definition) is 0. The Balaban J connectivity index is 1.03. The summed E-state index contributed by atoms with van der Waals surface area (Å²) in [7, 11) is 0. The molecule has 0 aliphatic heterocycles. The normalized spacial score (nSPS) is 14.2. The molecule has 0 saturated heterocycles. The van der Waals surface area contributed by atoms with Gasteiger partial charge in [-0.2, -0.15) is 0 Å². The van der Waals surface area contributed by atoms with E-state index in [1.807, 2.05) is 0 Å². The van der Waals surface area contributed by atoms with Crippen molar-refractivity contribution in [2.75, 3.05) is 0 Å². The largest absolute Gasteiger partial charge is 0.299 e. The van der Waals surface area contributed by atoms with Crippen LogP contribution in [-0.4, -0.2) is 21.4 Å². The first-order chi connectivity index (χ1) is 37.3. The van der Waals surface area contributed by atoms with Crippen molar-refractivity contribution in [3.63, 3.8) is 0 Å². The number of aromatic nitrogens is 2. The molecule has 0 fully saturated rings. The minimum absolute atomic E-state index is 0.442. The molecule has 15 rings (SSSR count). The molecule has 0 N–H and O–H groups in total. The lowest BCUT2D eigenvalue weighted by atomic mass is 9.67. The molecule has 0 atom stereocenters. The van der Waals surface area contributed by atoms with Gasteiger partial charge in [0.15, 0.2) is 0 Å². The van der Waals surface area contributed by atoms with Crippen molar-refractivity contribution in [3.05, 3.63) is 323 Å². The van der Waals surface area contributed by atoms with Crippen LogP contribution in [0.5, 0.6) is 0 Å². The fourth-order valence-corrected chi connectivity index (χ4v) is 13.3. The van der Waals surface area contributed by atoms with E-state index in [4.69, 9.17) is 9.98 Å². The minimum atomic E-state index is -0.580. The zero-order valence-electron chi connectivity index (χ0n) is 41.1. The number of rotatable bonds is 7. The summed E-state index contributed by atoms with van der Waals surface area (Å²) in [6.07, 6.45) is 2.05. The maximum Gasteiger partial charge on any atom is 0.231 e. The standard InChI is InChI=1S/C71H48N4/c1-6-24-48(25-7-1)46-72-69(75-64-41-23-19-35-54(64)56-43-45-62-66(68(56)75)58-37-17-21-39-60(58)71(62,51-30-12-4-13-31-51)52-32-14-5-15-33-52)73-47-74-63-40-22-18-34-53(63)55-42-44-61-65(67(55)74)57-36-16-20-38-59(57)70(61,49-26-8-2-9-27-49)50-28-10-3-11-29-50/h1-45,47H,46H2/b72-69?,73-47+. The second-order valence-corrected chi connectivity index (χ2v) is 19.9. The quantitative estimate of drug-likeness (QED) is 0.113. The van der Waals surface area contributed by atoms with Gasteiger partial charge in [-0.1, -0.05) is 261 Å². The van der Waals surface area contributed by atoms with Crippen LogP contribution in [0.15, 0.2) is 283 Å². The van der Waals surface area contributed by atoms with Gasteiger partial charge in [0.2, 0.25) is 5.96 Å². The number of aliphatic imine (C=N–C) groups is 2. The Kier molecular flexibility index (Phi) is 9.73. The number of para-hydroxylation sites is 2. The summed E-state index contributed by atoms with van der Waals surface area (Å²) in [5.41, 5.74) is 19.1. The molecule has 4 nitrogen and oxygen atoms in total. The van der Waals surface area contributed by atoms with Gasteiger partial charge in [-0.3, -0.25) is 9.13 Å². The van der Waals surface area contributed by atoms with Gasteiger partial charge in [-0.05, 0) is 73.3 Å². The van der Waals surface area contributed by atoms with Crippen molar-refractivity contribution in [2.45, 2.75) is 17.4 Å². The molecule has 0 unspecified atom stereocenters. The van der Waals surface area contributed by atoms with E-state index in [9.17, 15) is 0 Å². The molecule has 13 aromatic rings. The Morgan fingerprint density at radius 1 is 0.347 bits per heavy atom. The molecule has 2 aromatic heterocycles. The van der Waals surface area contributed by atoms with E-state index >= 15 is 0 Å². The van der Waals surface area contributed by atoms with E-state index < -0.39 is 10.8 Å². The maximum absolute atomic E-state index is 5.74. The summed E-state index contributed by atoms with van der Waals surface area (Å²) in [6.45, 7) is 0.442. The first-order valence-corrected chi connectivity index (χ1v) is 25.9. The van der Waals surface area contributed by atoms with E-state index in [-0.39, 0.29) is 0 Å². The van der Waals surface area contributed by atoms with Gasteiger partial charge in [0, 0.05) is 32.7 Å². The molecule has 11 aromatic carbocycles. The molecular weight excluding hydrogens is 909 g/mol. The van der Waals surface area contributed by atoms with Crippen molar-refractivity contribution in [3.8, 4) is 22.3 Å². The zero-order chi connectivity index (χ0) is 49.5. The summed E-state index contributed by atoms with van der Waals surface area (Å²) in [5, 5.41) is 4.65. The Hall–Kier alpha value is -9.64. The molecular formula is C71H48N4. The van der Waals surface area contributed by atoms with Crippen molar-refractivity contribution in [1.82, 2.24) is 9.13 Å². The van der Waals surface area contributed by atoms with Crippen LogP contribution >= 0.6 is 0 Å². The van der Waals surface area contributed by atoms with E-state index in [2.05, 4.69) is 288 Å². The van der Waals surface area contributed by atoms with Crippen LogP contribution in [-0.2, 0) is 17.4 Å². The van der Waals surface area contributed by atoms with Crippen molar-refractivity contribution < 1.29 is 0 Å². The van der Waals surface area contributed by atoms with Gasteiger partial charge in [-0.15, -0.1) is 0 Å². The number of benzene rings is 11. The molecule has 0 radical (unpaired) electrons. The average Bonchev–Trinajstić information content (AvgIpc) is 4.20. The molecule has 2 aliphatic carbocycles. The highest BCUT2D eigenvalue weighted by Gasteiger charge is 2.49. The van der Waals surface area contributed by atoms with Gasteiger partial charge in [0.05, 0.1) is 39.4 Å². The molecule has 2 aliphatic rings. The van der Waals surface area contributed by atoms with Crippen LogP contribution in [0, 0.1) is 0 Å². The number of nitrogens with zero attached hydrogens (tertiary/aromatic N) is 4. The summed E-state index contributed by atoms with van der Waals surface area (Å²) in [5.74, 6) is 0.606. The van der Waals surface area contributed by atoms with Gasteiger partial charge in [0.25, 0.3) is 0 Å². The Bertz CT molecular complexity index is 4340.